The summed E-state index contributed by atoms with van der Waals surface area (Å²) in [6.45, 7) is 6.11. The maximum absolute atomic E-state index is 13.4. The lowest BCUT2D eigenvalue weighted by Crippen LogP contribution is -2.59. The van der Waals surface area contributed by atoms with Crippen molar-refractivity contribution in [1.29, 1.82) is 0 Å². The number of hydrogen-bond acceptors (Lipinski definition) is 10. The summed E-state index contributed by atoms with van der Waals surface area (Å²) in [5, 5.41) is 30.5. The van der Waals surface area contributed by atoms with Gasteiger partial charge in [0.25, 0.3) is 0 Å². The number of hydrogen-bond donors (Lipinski definition) is 8. The number of primary amides is 1. The van der Waals surface area contributed by atoms with Gasteiger partial charge in [-0.1, -0.05) is 13.8 Å². The Morgan fingerprint density at radius 1 is 0.750 bits per heavy atom. The van der Waals surface area contributed by atoms with E-state index in [0.29, 0.717) is 10.9 Å². The maximum Gasteiger partial charge on any atom is 0.336 e. The molecule has 4 atom stereocenters. The monoisotopic (exact) mass is 674 g/mol. The molecule has 0 aliphatic carbocycles. The third kappa shape index (κ3) is 12.2. The highest BCUT2D eigenvalue weighted by atomic mass is 16.4. The molecule has 2 aromatic rings. The van der Waals surface area contributed by atoms with E-state index in [1.165, 1.54) is 18.2 Å². The van der Waals surface area contributed by atoms with Crippen molar-refractivity contribution in [3.8, 4) is 0 Å². The molecule has 1 heterocycles. The zero-order valence-corrected chi connectivity index (χ0v) is 26.6. The first-order valence-electron chi connectivity index (χ1n) is 14.6. The zero-order chi connectivity index (χ0) is 36.3. The van der Waals surface area contributed by atoms with Crippen LogP contribution in [0.25, 0.3) is 11.0 Å². The molecule has 0 spiro atoms. The topological polar surface area (TPSA) is 293 Å². The molecule has 48 heavy (non-hydrogen) atoms. The summed E-state index contributed by atoms with van der Waals surface area (Å²) in [6, 6.07) is -0.707. The molecule has 260 valence electrons. The van der Waals surface area contributed by atoms with Crippen LogP contribution in [0, 0.1) is 12.8 Å². The highest BCUT2D eigenvalue weighted by Gasteiger charge is 2.33. The van der Waals surface area contributed by atoms with Gasteiger partial charge < -0.3 is 46.9 Å². The van der Waals surface area contributed by atoms with Crippen molar-refractivity contribution in [2.75, 3.05) is 5.32 Å². The van der Waals surface area contributed by atoms with Crippen LogP contribution in [-0.4, -0.2) is 81.8 Å². The minimum atomic E-state index is -1.71. The van der Waals surface area contributed by atoms with Crippen molar-refractivity contribution in [3.05, 3.63) is 40.2 Å². The lowest BCUT2D eigenvalue weighted by atomic mass is 10.0. The van der Waals surface area contributed by atoms with Crippen LogP contribution in [0.5, 0.6) is 0 Å². The van der Waals surface area contributed by atoms with E-state index in [2.05, 4.69) is 26.6 Å². The predicted octanol–water partition coefficient (Wildman–Crippen LogP) is -1.13. The van der Waals surface area contributed by atoms with Crippen molar-refractivity contribution in [1.82, 2.24) is 21.3 Å². The summed E-state index contributed by atoms with van der Waals surface area (Å²) in [6.07, 6.45) is -2.54. The standard InChI is InChI=1S/C30H38N6O12/c1-13(2)7-18(34-29(46)19(10-23(31)38)35-30(47)20(11-24(39)40)32-15(4)37)28(45)36-21(12-25(41)42)27(44)33-16-5-6-17-14(3)8-26(43)48-22(17)9-16/h5-6,8-9,13,18-21H,7,10-12H2,1-4H3,(H2,31,38)(H,32,37)(H,33,44)(H,34,46)(H,35,47)(H,36,45)(H,39,40)(H,41,42). The molecule has 0 bridgehead atoms. The van der Waals surface area contributed by atoms with Crippen LogP contribution in [0.3, 0.4) is 0 Å². The number of aryl methyl sites for hydroxylation is 1. The molecule has 0 fully saturated rings. The summed E-state index contributed by atoms with van der Waals surface area (Å²) in [7, 11) is 0. The number of benzene rings is 1. The van der Waals surface area contributed by atoms with Crippen molar-refractivity contribution in [3.63, 3.8) is 0 Å². The first-order valence-corrected chi connectivity index (χ1v) is 14.6. The fourth-order valence-electron chi connectivity index (χ4n) is 4.58. The minimum Gasteiger partial charge on any atom is -0.481 e. The first-order chi connectivity index (χ1) is 22.4. The SMILES string of the molecule is CC(=O)NC(CC(=O)O)C(=O)NC(CC(N)=O)C(=O)NC(CC(C)C)C(=O)NC(CC(=O)O)C(=O)Nc1ccc2c(C)cc(=O)oc2c1. The van der Waals surface area contributed by atoms with Gasteiger partial charge in [0.1, 0.15) is 29.8 Å². The predicted molar refractivity (Wildman–Crippen MR) is 167 cm³/mol. The highest BCUT2D eigenvalue weighted by molar-refractivity contribution is 6.02. The highest BCUT2D eigenvalue weighted by Crippen LogP contribution is 2.21. The van der Waals surface area contributed by atoms with E-state index in [-0.39, 0.29) is 23.6 Å². The average molecular weight is 675 g/mol. The Bertz CT molecular complexity index is 1640. The summed E-state index contributed by atoms with van der Waals surface area (Å²) >= 11 is 0. The number of carboxylic acid groups (broad SMARTS) is 2. The number of rotatable bonds is 17. The second-order valence-corrected chi connectivity index (χ2v) is 11.4. The van der Waals surface area contributed by atoms with Crippen LogP contribution >= 0.6 is 0 Å². The largest absolute Gasteiger partial charge is 0.481 e. The van der Waals surface area contributed by atoms with E-state index >= 15 is 0 Å². The van der Waals surface area contributed by atoms with Crippen LogP contribution in [0.15, 0.2) is 33.5 Å². The summed E-state index contributed by atoms with van der Waals surface area (Å²) < 4.78 is 5.16. The molecule has 4 unspecified atom stereocenters. The van der Waals surface area contributed by atoms with Crippen LogP contribution in [0.2, 0.25) is 0 Å². The summed E-state index contributed by atoms with van der Waals surface area (Å²) in [5.41, 5.74) is 5.52. The second-order valence-electron chi connectivity index (χ2n) is 11.4. The lowest BCUT2D eigenvalue weighted by Gasteiger charge is -2.26. The van der Waals surface area contributed by atoms with E-state index in [9.17, 15) is 48.3 Å². The molecule has 6 amide bonds. The van der Waals surface area contributed by atoms with Gasteiger partial charge in [0.05, 0.1) is 19.3 Å². The number of aliphatic carboxylic acids is 2. The molecular weight excluding hydrogens is 636 g/mol. The molecule has 0 aliphatic rings. The summed E-state index contributed by atoms with van der Waals surface area (Å²) in [4.78, 5) is 110. The number of carboxylic acids is 2. The first kappa shape index (κ1) is 38.4. The van der Waals surface area contributed by atoms with Gasteiger partial charge in [0.2, 0.25) is 35.4 Å². The zero-order valence-electron chi connectivity index (χ0n) is 26.6. The number of fused-ring (bicyclic) bond motifs is 1. The van der Waals surface area contributed by atoms with Gasteiger partial charge in [-0.05, 0) is 37.0 Å². The van der Waals surface area contributed by atoms with Gasteiger partial charge in [0.15, 0.2) is 0 Å². The molecule has 0 radical (unpaired) electrons. The fraction of sp³-hybridized carbons (Fsp3) is 0.433. The van der Waals surface area contributed by atoms with E-state index in [1.54, 1.807) is 26.8 Å². The molecule has 1 aromatic carbocycles. The van der Waals surface area contributed by atoms with Crippen LogP contribution in [-0.2, 0) is 38.4 Å². The summed E-state index contributed by atoms with van der Waals surface area (Å²) in [5.74, 6) is -9.09. The van der Waals surface area contributed by atoms with Gasteiger partial charge in [-0.25, -0.2) is 4.79 Å². The number of carbonyl (C=O) groups excluding carboxylic acids is 6. The molecule has 1 aromatic heterocycles. The number of carbonyl (C=O) groups is 8. The Morgan fingerprint density at radius 3 is 1.75 bits per heavy atom. The molecule has 18 heteroatoms. The second kappa shape index (κ2) is 17.2. The van der Waals surface area contributed by atoms with Crippen molar-refractivity contribution in [2.45, 2.75) is 77.5 Å². The Balaban J connectivity index is 2.29. The quantitative estimate of drug-likeness (QED) is 0.0925. The molecule has 0 saturated carbocycles. The lowest BCUT2D eigenvalue weighted by molar-refractivity contribution is -0.141. The van der Waals surface area contributed by atoms with Gasteiger partial charge in [-0.3, -0.25) is 38.4 Å². The number of nitrogens with one attached hydrogen (secondary N) is 5. The third-order valence-corrected chi connectivity index (χ3v) is 6.68. The molecular formula is C30H38N6O12. The fourth-order valence-corrected chi connectivity index (χ4v) is 4.58. The Morgan fingerprint density at radius 2 is 1.25 bits per heavy atom. The number of nitrogens with two attached hydrogens (primary N) is 1. The molecule has 0 saturated heterocycles. The van der Waals surface area contributed by atoms with E-state index in [1.807, 2.05) is 0 Å². The van der Waals surface area contributed by atoms with Crippen LogP contribution < -0.4 is 37.9 Å². The molecule has 2 rings (SSSR count). The van der Waals surface area contributed by atoms with Crippen LogP contribution in [0.1, 0.15) is 52.0 Å². The Hall–Kier alpha value is -5.81. The van der Waals surface area contributed by atoms with Gasteiger partial charge in [-0.2, -0.15) is 0 Å². The number of anilines is 1. The van der Waals surface area contributed by atoms with Crippen molar-refractivity contribution in [2.24, 2.45) is 11.7 Å². The Kier molecular flexibility index (Phi) is 13.8. The van der Waals surface area contributed by atoms with Gasteiger partial charge in [0, 0.05) is 30.1 Å². The molecule has 0 aliphatic heterocycles. The number of amides is 6. The normalized spacial score (nSPS) is 13.4. The van der Waals surface area contributed by atoms with Crippen molar-refractivity contribution >= 4 is 64.0 Å². The maximum atomic E-state index is 13.4. The van der Waals surface area contributed by atoms with E-state index in [4.69, 9.17) is 15.3 Å². The van der Waals surface area contributed by atoms with Crippen LogP contribution in [0.4, 0.5) is 5.69 Å². The van der Waals surface area contributed by atoms with Gasteiger partial charge >= 0.3 is 17.6 Å². The van der Waals surface area contributed by atoms with Gasteiger partial charge in [-0.15, -0.1) is 0 Å². The van der Waals surface area contributed by atoms with E-state index in [0.717, 1.165) is 6.92 Å². The minimum absolute atomic E-state index is 0.0488. The van der Waals surface area contributed by atoms with Crippen molar-refractivity contribution < 1.29 is 53.0 Å². The van der Waals surface area contributed by atoms with E-state index < -0.39 is 96.4 Å². The molecule has 18 nitrogen and oxygen atoms in total. The third-order valence-electron chi connectivity index (χ3n) is 6.68. The average Bonchev–Trinajstić information content (AvgIpc) is 2.94. The Labute approximate surface area is 273 Å². The molecule has 9 N–H and O–H groups in total. The smallest absolute Gasteiger partial charge is 0.336 e.